The molecule has 0 fully saturated rings. The van der Waals surface area contributed by atoms with Crippen molar-refractivity contribution in [3.8, 4) is 0 Å². The molecular formula is C10H20Cl2Ru-6. The zero-order chi connectivity index (χ0) is 6.24. The first-order chi connectivity index (χ1) is 3.91. The molecule has 0 aliphatic heterocycles. The molecule has 0 aromatic carbocycles. The van der Waals surface area contributed by atoms with Gasteiger partial charge in [-0.05, 0) is 0 Å². The summed E-state index contributed by atoms with van der Waals surface area (Å²) in [5, 5.41) is 0. The van der Waals surface area contributed by atoms with E-state index in [-0.39, 0.29) is 52.3 Å². The average Bonchev–Trinajstić information content (AvgIpc) is 2.17. The van der Waals surface area contributed by atoms with Crippen LogP contribution in [0.1, 0.15) is 6.42 Å². The molecule has 0 amide bonds. The van der Waals surface area contributed by atoms with E-state index in [4.69, 9.17) is 19.4 Å². The fraction of sp³-hybridized carbons (Fsp3) is 0.100. The molecule has 3 heteroatoms. The van der Waals surface area contributed by atoms with Crippen molar-refractivity contribution < 1.29 is 15.1 Å². The van der Waals surface area contributed by atoms with Crippen LogP contribution < -0.4 is 0 Å². The van der Waals surface area contributed by atoms with Gasteiger partial charge in [0.2, 0.25) is 0 Å². The monoisotopic (exact) mass is 312 g/mol. The number of hydrogen-bond acceptors (Lipinski definition) is 0. The van der Waals surface area contributed by atoms with Gasteiger partial charge in [0.1, 0.15) is 0 Å². The first-order valence-electron chi connectivity index (χ1n) is 1.98. The van der Waals surface area contributed by atoms with Gasteiger partial charge < -0.3 is 37.1 Å². The van der Waals surface area contributed by atoms with Crippen LogP contribution in [0.15, 0.2) is 18.2 Å². The molecule has 1 aliphatic rings. The van der Waals surface area contributed by atoms with Crippen molar-refractivity contribution in [3.05, 3.63) is 61.4 Å². The molecular weight excluding hydrogens is 292 g/mol. The number of rotatable bonds is 0. The molecule has 0 aromatic heterocycles. The van der Waals surface area contributed by atoms with Gasteiger partial charge in [0.15, 0.2) is 0 Å². The summed E-state index contributed by atoms with van der Waals surface area (Å²) in [6, 6.07) is 0. The average molecular weight is 312 g/mol. The third kappa shape index (κ3) is 44.8. The van der Waals surface area contributed by atoms with Crippen LogP contribution in [0.25, 0.3) is 0 Å². The SMILES string of the molecule is [C-]1=CC=CC1.[CH3-].[CH3-].[CH3-].[CH3-].[CH3-].[Cl][Ru][Cl]. The normalized spacial score (nSPS) is 8.46. The topological polar surface area (TPSA) is 0 Å². The molecule has 0 heterocycles. The standard InChI is InChI=1S/C5H5.5CH3.2ClH.Ru/c1-2-4-5-3-1;;;;;;;;/h1-3H,4H2;5*1H3;2*1H;/q6*-1;;;+2/p-2. The Labute approximate surface area is 102 Å². The van der Waals surface area contributed by atoms with E-state index in [9.17, 15) is 0 Å². The fourth-order valence-electron chi connectivity index (χ4n) is 0.340. The van der Waals surface area contributed by atoms with Crippen molar-refractivity contribution in [2.24, 2.45) is 0 Å². The number of allylic oxidation sites excluding steroid dienone is 4. The zero-order valence-electron chi connectivity index (χ0n) is 9.05. The van der Waals surface area contributed by atoms with E-state index in [1.54, 1.807) is 0 Å². The van der Waals surface area contributed by atoms with E-state index >= 15 is 0 Å². The summed E-state index contributed by atoms with van der Waals surface area (Å²) in [5.41, 5.74) is 0. The molecule has 0 N–H and O–H groups in total. The van der Waals surface area contributed by atoms with Crippen LogP contribution in [0.2, 0.25) is 0 Å². The van der Waals surface area contributed by atoms with Gasteiger partial charge in [-0.1, -0.05) is 0 Å². The van der Waals surface area contributed by atoms with Crippen molar-refractivity contribution in [2.75, 3.05) is 0 Å². The van der Waals surface area contributed by atoms with E-state index in [1.807, 2.05) is 12.2 Å². The van der Waals surface area contributed by atoms with Crippen LogP contribution >= 0.6 is 19.4 Å². The third-order valence-electron chi connectivity index (χ3n) is 0.586. The summed E-state index contributed by atoms with van der Waals surface area (Å²) in [6.45, 7) is 0. The van der Waals surface area contributed by atoms with Crippen LogP contribution in [0, 0.1) is 43.2 Å². The van der Waals surface area contributed by atoms with E-state index < -0.39 is 0 Å². The van der Waals surface area contributed by atoms with Gasteiger partial charge in [0.25, 0.3) is 0 Å². The Morgan fingerprint density at radius 1 is 1.00 bits per heavy atom. The number of halogens is 2. The van der Waals surface area contributed by atoms with E-state index in [2.05, 4.69) is 12.2 Å². The first-order valence-corrected chi connectivity index (χ1v) is 6.46. The maximum absolute atomic E-state index is 4.85. The Hall–Kier alpha value is 0.683. The van der Waals surface area contributed by atoms with E-state index in [0.717, 1.165) is 6.42 Å². The Balaban J connectivity index is -0.0000000144. The molecule has 13 heavy (non-hydrogen) atoms. The zero-order valence-corrected chi connectivity index (χ0v) is 12.3. The van der Waals surface area contributed by atoms with Crippen LogP contribution in [0.3, 0.4) is 0 Å². The minimum absolute atomic E-state index is 0. The third-order valence-corrected chi connectivity index (χ3v) is 0.586. The maximum atomic E-state index is 4.85. The minimum atomic E-state index is -0.346. The Kier molecular flexibility index (Phi) is 111. The van der Waals surface area contributed by atoms with Gasteiger partial charge in [0.05, 0.1) is 0 Å². The predicted molar refractivity (Wildman–Crippen MR) is 65.3 cm³/mol. The molecule has 0 radical (unpaired) electrons. The van der Waals surface area contributed by atoms with Gasteiger partial charge in [-0.3, -0.25) is 6.08 Å². The molecule has 0 atom stereocenters. The van der Waals surface area contributed by atoms with Crippen LogP contribution in [0.5, 0.6) is 0 Å². The van der Waals surface area contributed by atoms with E-state index in [1.165, 1.54) is 0 Å². The number of hydrogen-bond donors (Lipinski definition) is 0. The molecule has 0 aromatic rings. The van der Waals surface area contributed by atoms with Crippen molar-refractivity contribution in [1.29, 1.82) is 0 Å². The predicted octanol–water partition coefficient (Wildman–Crippen LogP) is 4.93. The van der Waals surface area contributed by atoms with Crippen LogP contribution in [-0.4, -0.2) is 0 Å². The van der Waals surface area contributed by atoms with Gasteiger partial charge in [-0.25, -0.2) is 12.2 Å². The Bertz CT molecular complexity index is 80.9. The molecule has 0 spiro atoms. The molecule has 0 nitrogen and oxygen atoms in total. The van der Waals surface area contributed by atoms with Crippen molar-refractivity contribution in [1.82, 2.24) is 0 Å². The molecule has 0 saturated heterocycles. The summed E-state index contributed by atoms with van der Waals surface area (Å²) < 4.78 is 0. The van der Waals surface area contributed by atoms with E-state index in [0.29, 0.717) is 0 Å². The molecule has 0 unspecified atom stereocenters. The van der Waals surface area contributed by atoms with Crippen molar-refractivity contribution in [3.63, 3.8) is 0 Å². The molecule has 0 saturated carbocycles. The quantitative estimate of drug-likeness (QED) is 0.439. The van der Waals surface area contributed by atoms with Crippen LogP contribution in [-0.2, 0) is 15.1 Å². The van der Waals surface area contributed by atoms with Gasteiger partial charge >= 0.3 is 34.5 Å². The summed E-state index contributed by atoms with van der Waals surface area (Å²) in [6.07, 6.45) is 10.0. The summed E-state index contributed by atoms with van der Waals surface area (Å²) in [5.74, 6) is 0. The summed E-state index contributed by atoms with van der Waals surface area (Å²) >= 11 is -0.346. The molecule has 88 valence electrons. The Morgan fingerprint density at radius 2 is 1.38 bits per heavy atom. The molecule has 1 aliphatic carbocycles. The van der Waals surface area contributed by atoms with Crippen molar-refractivity contribution >= 4 is 19.4 Å². The summed E-state index contributed by atoms with van der Waals surface area (Å²) in [4.78, 5) is 0. The van der Waals surface area contributed by atoms with Gasteiger partial charge in [-0.2, -0.15) is 6.08 Å². The second-order valence-electron chi connectivity index (χ2n) is 1.05. The van der Waals surface area contributed by atoms with Crippen molar-refractivity contribution in [2.45, 2.75) is 6.42 Å². The summed E-state index contributed by atoms with van der Waals surface area (Å²) in [7, 11) is 9.71. The molecule has 0 bridgehead atoms. The van der Waals surface area contributed by atoms with Crippen LogP contribution in [0.4, 0.5) is 0 Å². The van der Waals surface area contributed by atoms with Gasteiger partial charge in [-0.15, -0.1) is 6.42 Å². The second-order valence-corrected chi connectivity index (χ2v) is 3.69. The molecule has 1 rings (SSSR count). The fourth-order valence-corrected chi connectivity index (χ4v) is 0.340. The Morgan fingerprint density at radius 3 is 1.46 bits per heavy atom. The first kappa shape index (κ1) is 37.3. The second kappa shape index (κ2) is 38.8. The van der Waals surface area contributed by atoms with Gasteiger partial charge in [0, 0.05) is 0 Å².